The first-order valence-electron chi connectivity index (χ1n) is 8.44. The Morgan fingerprint density at radius 1 is 1.27 bits per heavy atom. The molecule has 26 heavy (non-hydrogen) atoms. The van der Waals surface area contributed by atoms with Crippen molar-refractivity contribution in [1.82, 2.24) is 9.55 Å². The Labute approximate surface area is 156 Å². The molecule has 0 radical (unpaired) electrons. The minimum Gasteiger partial charge on any atom is -0.497 e. The lowest BCUT2D eigenvalue weighted by Crippen LogP contribution is -2.14. The zero-order valence-electron chi connectivity index (χ0n) is 14.4. The predicted octanol–water partition coefficient (Wildman–Crippen LogP) is 3.85. The van der Waals surface area contributed by atoms with Gasteiger partial charge in [0.15, 0.2) is 5.16 Å². The van der Waals surface area contributed by atoms with Crippen LogP contribution >= 0.6 is 11.8 Å². The van der Waals surface area contributed by atoms with E-state index in [9.17, 15) is 4.79 Å². The number of rotatable bonds is 5. The number of ether oxygens (including phenoxy) is 1. The standard InChI is InChI=1S/C20H19N3O2S/c1-25-17-7-5-14(6-8-17)11-19(24)21-16-4-2-3-15(12-16)18-13-23-9-10-26-20(23)22-18/h2-8,12-13H,9-11H2,1H3,(H,21,24). The number of imidazole rings is 1. The molecule has 132 valence electrons. The molecule has 1 aromatic heterocycles. The maximum atomic E-state index is 12.3. The van der Waals surface area contributed by atoms with Crippen LogP contribution in [0.15, 0.2) is 59.9 Å². The van der Waals surface area contributed by atoms with Gasteiger partial charge in [-0.3, -0.25) is 4.79 Å². The van der Waals surface area contributed by atoms with Gasteiger partial charge in [0.2, 0.25) is 5.91 Å². The molecule has 0 atom stereocenters. The Bertz CT molecular complexity index is 913. The van der Waals surface area contributed by atoms with Gasteiger partial charge in [-0.25, -0.2) is 4.98 Å². The highest BCUT2D eigenvalue weighted by Gasteiger charge is 2.15. The van der Waals surface area contributed by atoms with Gasteiger partial charge in [0, 0.05) is 29.7 Å². The minimum absolute atomic E-state index is 0.0461. The van der Waals surface area contributed by atoms with Crippen LogP contribution in [-0.2, 0) is 17.8 Å². The Morgan fingerprint density at radius 3 is 2.88 bits per heavy atom. The van der Waals surface area contributed by atoms with Crippen LogP contribution in [-0.4, -0.2) is 28.3 Å². The second-order valence-corrected chi connectivity index (χ2v) is 7.17. The number of aromatic nitrogens is 2. The fourth-order valence-electron chi connectivity index (χ4n) is 2.94. The van der Waals surface area contributed by atoms with Crippen LogP contribution in [0, 0.1) is 0 Å². The van der Waals surface area contributed by atoms with E-state index in [0.29, 0.717) is 6.42 Å². The molecule has 0 spiro atoms. The van der Waals surface area contributed by atoms with Gasteiger partial charge in [-0.15, -0.1) is 0 Å². The molecule has 5 nitrogen and oxygen atoms in total. The molecule has 6 heteroatoms. The lowest BCUT2D eigenvalue weighted by molar-refractivity contribution is -0.115. The van der Waals surface area contributed by atoms with Crippen LogP contribution in [0.1, 0.15) is 5.56 Å². The van der Waals surface area contributed by atoms with E-state index < -0.39 is 0 Å². The largest absolute Gasteiger partial charge is 0.497 e. The number of benzene rings is 2. The van der Waals surface area contributed by atoms with Crippen molar-refractivity contribution in [3.63, 3.8) is 0 Å². The number of amides is 1. The summed E-state index contributed by atoms with van der Waals surface area (Å²) >= 11 is 1.78. The smallest absolute Gasteiger partial charge is 0.228 e. The number of thioether (sulfide) groups is 1. The zero-order valence-corrected chi connectivity index (χ0v) is 15.3. The number of hydrogen-bond acceptors (Lipinski definition) is 4. The van der Waals surface area contributed by atoms with Crippen molar-refractivity contribution in [3.8, 4) is 17.0 Å². The second kappa shape index (κ2) is 7.25. The summed E-state index contributed by atoms with van der Waals surface area (Å²) in [5.41, 5.74) is 3.68. The summed E-state index contributed by atoms with van der Waals surface area (Å²) in [5.74, 6) is 1.83. The number of carbonyl (C=O) groups excluding carboxylic acids is 1. The van der Waals surface area contributed by atoms with Crippen molar-refractivity contribution in [2.24, 2.45) is 0 Å². The van der Waals surface area contributed by atoms with E-state index in [-0.39, 0.29) is 5.91 Å². The first-order chi connectivity index (χ1) is 12.7. The summed E-state index contributed by atoms with van der Waals surface area (Å²) in [6.45, 7) is 1.01. The highest BCUT2D eigenvalue weighted by molar-refractivity contribution is 7.99. The number of nitrogens with zero attached hydrogens (tertiary/aromatic N) is 2. The first kappa shape index (κ1) is 16.7. The molecule has 4 rings (SSSR count). The molecular formula is C20H19N3O2S. The Morgan fingerprint density at radius 2 is 2.12 bits per heavy atom. The van der Waals surface area contributed by atoms with Gasteiger partial charge < -0.3 is 14.6 Å². The number of nitrogens with one attached hydrogen (secondary N) is 1. The van der Waals surface area contributed by atoms with Gasteiger partial charge in [-0.05, 0) is 29.8 Å². The number of hydrogen-bond donors (Lipinski definition) is 1. The molecule has 2 aromatic carbocycles. The molecule has 1 N–H and O–H groups in total. The highest BCUT2D eigenvalue weighted by atomic mass is 32.2. The average molecular weight is 365 g/mol. The molecule has 0 aliphatic carbocycles. The van der Waals surface area contributed by atoms with Crippen molar-refractivity contribution in [1.29, 1.82) is 0 Å². The monoisotopic (exact) mass is 365 g/mol. The van der Waals surface area contributed by atoms with Crippen LogP contribution < -0.4 is 10.1 Å². The van der Waals surface area contributed by atoms with Gasteiger partial charge >= 0.3 is 0 Å². The summed E-state index contributed by atoms with van der Waals surface area (Å²) in [6.07, 6.45) is 2.40. The molecule has 0 bridgehead atoms. The van der Waals surface area contributed by atoms with Crippen molar-refractivity contribution >= 4 is 23.4 Å². The third-order valence-corrected chi connectivity index (χ3v) is 5.24. The third-order valence-electron chi connectivity index (χ3n) is 4.27. The van der Waals surface area contributed by atoms with Crippen molar-refractivity contribution in [3.05, 3.63) is 60.3 Å². The minimum atomic E-state index is -0.0461. The van der Waals surface area contributed by atoms with Crippen molar-refractivity contribution in [2.75, 3.05) is 18.2 Å². The fourth-order valence-corrected chi connectivity index (χ4v) is 3.88. The van der Waals surface area contributed by atoms with Crippen molar-refractivity contribution < 1.29 is 9.53 Å². The molecule has 1 aliphatic rings. The van der Waals surface area contributed by atoms with Gasteiger partial charge in [0.25, 0.3) is 0 Å². The van der Waals surface area contributed by atoms with Crippen LogP contribution in [0.4, 0.5) is 5.69 Å². The number of carbonyl (C=O) groups is 1. The second-order valence-electron chi connectivity index (χ2n) is 6.10. The first-order valence-corrected chi connectivity index (χ1v) is 9.43. The maximum Gasteiger partial charge on any atom is 0.228 e. The average Bonchev–Trinajstić information content (AvgIpc) is 3.24. The Balaban J connectivity index is 1.45. The topological polar surface area (TPSA) is 56.1 Å². The SMILES string of the molecule is COc1ccc(CC(=O)Nc2cccc(-c3cn4c(n3)SCC4)c2)cc1. The van der Waals surface area contributed by atoms with Gasteiger partial charge in [0.05, 0.1) is 19.2 Å². The summed E-state index contributed by atoms with van der Waals surface area (Å²) in [5, 5.41) is 4.03. The Kier molecular flexibility index (Phi) is 4.67. The molecule has 0 fully saturated rings. The zero-order chi connectivity index (χ0) is 17.9. The van der Waals surface area contributed by atoms with E-state index in [4.69, 9.17) is 4.74 Å². The van der Waals surface area contributed by atoms with Crippen LogP contribution in [0.5, 0.6) is 5.75 Å². The van der Waals surface area contributed by atoms with E-state index in [1.165, 1.54) is 0 Å². The summed E-state index contributed by atoms with van der Waals surface area (Å²) in [6, 6.07) is 15.3. The van der Waals surface area contributed by atoms with Crippen molar-refractivity contribution in [2.45, 2.75) is 18.1 Å². The lowest BCUT2D eigenvalue weighted by atomic mass is 10.1. The van der Waals surface area contributed by atoms with E-state index >= 15 is 0 Å². The van der Waals surface area contributed by atoms with Gasteiger partial charge in [-0.1, -0.05) is 36.0 Å². The predicted molar refractivity (Wildman–Crippen MR) is 104 cm³/mol. The molecule has 0 saturated heterocycles. The van der Waals surface area contributed by atoms with Crippen LogP contribution in [0.25, 0.3) is 11.3 Å². The number of aryl methyl sites for hydroxylation is 1. The fraction of sp³-hybridized carbons (Fsp3) is 0.200. The quantitative estimate of drug-likeness (QED) is 0.746. The number of methoxy groups -OCH3 is 1. The lowest BCUT2D eigenvalue weighted by Gasteiger charge is -2.07. The van der Waals surface area contributed by atoms with E-state index in [2.05, 4.69) is 21.1 Å². The summed E-state index contributed by atoms with van der Waals surface area (Å²) in [7, 11) is 1.63. The molecular weight excluding hydrogens is 346 g/mol. The molecule has 2 heterocycles. The van der Waals surface area contributed by atoms with Gasteiger partial charge in [-0.2, -0.15) is 0 Å². The molecule has 3 aromatic rings. The normalized spacial score (nSPS) is 12.7. The van der Waals surface area contributed by atoms with E-state index in [0.717, 1.165) is 45.7 Å². The third kappa shape index (κ3) is 3.60. The Hall–Kier alpha value is -2.73. The number of anilines is 1. The van der Waals surface area contributed by atoms with Crippen LogP contribution in [0.2, 0.25) is 0 Å². The van der Waals surface area contributed by atoms with Gasteiger partial charge in [0.1, 0.15) is 5.75 Å². The number of fused-ring (bicyclic) bond motifs is 1. The van der Waals surface area contributed by atoms with Crippen LogP contribution in [0.3, 0.4) is 0 Å². The van der Waals surface area contributed by atoms with E-state index in [1.807, 2.05) is 48.5 Å². The van der Waals surface area contributed by atoms with E-state index in [1.54, 1.807) is 18.9 Å². The summed E-state index contributed by atoms with van der Waals surface area (Å²) < 4.78 is 7.31. The highest BCUT2D eigenvalue weighted by Crippen LogP contribution is 2.29. The maximum absolute atomic E-state index is 12.3. The molecule has 0 saturated carbocycles. The molecule has 1 aliphatic heterocycles. The summed E-state index contributed by atoms with van der Waals surface area (Å²) in [4.78, 5) is 17.0. The molecule has 1 amide bonds. The molecule has 0 unspecified atom stereocenters.